The van der Waals surface area contributed by atoms with Crippen LogP contribution in [0, 0.1) is 0 Å². The Balaban J connectivity index is 1.78. The molecule has 0 spiro atoms. The van der Waals surface area contributed by atoms with Crippen LogP contribution < -0.4 is 10.9 Å². The summed E-state index contributed by atoms with van der Waals surface area (Å²) in [7, 11) is 0. The van der Waals surface area contributed by atoms with Crippen LogP contribution in [0.15, 0.2) is 59.0 Å². The van der Waals surface area contributed by atoms with Gasteiger partial charge in [0.2, 0.25) is 0 Å². The number of rotatable bonds is 3. The van der Waals surface area contributed by atoms with E-state index in [2.05, 4.69) is 15.3 Å². The van der Waals surface area contributed by atoms with Crippen LogP contribution in [0.25, 0.3) is 10.6 Å². The van der Waals surface area contributed by atoms with E-state index >= 15 is 0 Å². The maximum Gasteiger partial charge on any atom is 0.261 e. The summed E-state index contributed by atoms with van der Waals surface area (Å²) in [5, 5.41) is 5.53. The standard InChI is InChI=1S/C15H11N3O2S/c19-13-12(2-1-7-16-13)14(20)18-11-5-3-10(4-6-11)15-17-8-9-21-15/h1-9H,(H,16,19)(H,18,20). The zero-order valence-electron chi connectivity index (χ0n) is 10.9. The average Bonchev–Trinajstić information content (AvgIpc) is 3.02. The van der Waals surface area contributed by atoms with Crippen molar-refractivity contribution in [3.63, 3.8) is 0 Å². The molecule has 0 saturated carbocycles. The molecule has 0 atom stereocenters. The summed E-state index contributed by atoms with van der Waals surface area (Å²) < 4.78 is 0. The zero-order chi connectivity index (χ0) is 14.7. The van der Waals surface area contributed by atoms with E-state index in [1.165, 1.54) is 12.3 Å². The maximum absolute atomic E-state index is 12.0. The second-order valence-electron chi connectivity index (χ2n) is 4.28. The quantitative estimate of drug-likeness (QED) is 0.780. The first-order valence-corrected chi connectivity index (χ1v) is 7.11. The molecule has 3 aromatic rings. The van der Waals surface area contributed by atoms with Gasteiger partial charge in [-0.2, -0.15) is 0 Å². The lowest BCUT2D eigenvalue weighted by molar-refractivity contribution is 0.102. The monoisotopic (exact) mass is 297 g/mol. The number of anilines is 1. The number of hydrogen-bond acceptors (Lipinski definition) is 4. The van der Waals surface area contributed by atoms with Gasteiger partial charge in [-0.05, 0) is 36.4 Å². The summed E-state index contributed by atoms with van der Waals surface area (Å²) in [5.41, 5.74) is 1.29. The van der Waals surface area contributed by atoms with Gasteiger partial charge >= 0.3 is 0 Å². The Bertz CT molecular complexity index is 807. The third kappa shape index (κ3) is 2.90. The summed E-state index contributed by atoms with van der Waals surface area (Å²) in [4.78, 5) is 30.2. The third-order valence-electron chi connectivity index (χ3n) is 2.88. The van der Waals surface area contributed by atoms with Gasteiger partial charge in [0.25, 0.3) is 11.5 Å². The number of amides is 1. The van der Waals surface area contributed by atoms with Crippen LogP contribution in [0.1, 0.15) is 10.4 Å². The third-order valence-corrected chi connectivity index (χ3v) is 3.71. The topological polar surface area (TPSA) is 74.8 Å². The molecule has 0 aliphatic rings. The van der Waals surface area contributed by atoms with Crippen LogP contribution in [0.4, 0.5) is 5.69 Å². The summed E-state index contributed by atoms with van der Waals surface area (Å²) in [5.74, 6) is -0.432. The Labute approximate surface area is 124 Å². The van der Waals surface area contributed by atoms with Gasteiger partial charge in [-0.15, -0.1) is 11.3 Å². The van der Waals surface area contributed by atoms with Crippen LogP contribution >= 0.6 is 11.3 Å². The fourth-order valence-electron chi connectivity index (χ4n) is 1.86. The van der Waals surface area contributed by atoms with Gasteiger partial charge in [-0.3, -0.25) is 9.59 Å². The second kappa shape index (κ2) is 5.72. The first-order valence-electron chi connectivity index (χ1n) is 6.23. The number of hydrogen-bond donors (Lipinski definition) is 2. The number of H-pyrrole nitrogens is 1. The van der Waals surface area contributed by atoms with Crippen molar-refractivity contribution in [2.75, 3.05) is 5.32 Å². The number of nitrogens with one attached hydrogen (secondary N) is 2. The molecule has 0 radical (unpaired) electrons. The lowest BCUT2D eigenvalue weighted by Gasteiger charge is -2.05. The average molecular weight is 297 g/mol. The minimum Gasteiger partial charge on any atom is -0.328 e. The number of carbonyl (C=O) groups excluding carboxylic acids is 1. The number of aromatic nitrogens is 2. The fourth-order valence-corrected chi connectivity index (χ4v) is 2.51. The Morgan fingerprint density at radius 3 is 2.67 bits per heavy atom. The van der Waals surface area contributed by atoms with E-state index in [-0.39, 0.29) is 5.56 Å². The Morgan fingerprint density at radius 1 is 1.19 bits per heavy atom. The highest BCUT2D eigenvalue weighted by molar-refractivity contribution is 7.13. The Hall–Kier alpha value is -2.73. The highest BCUT2D eigenvalue weighted by atomic mass is 32.1. The van der Waals surface area contributed by atoms with E-state index in [9.17, 15) is 9.59 Å². The van der Waals surface area contributed by atoms with Crippen molar-refractivity contribution >= 4 is 22.9 Å². The molecule has 1 amide bonds. The van der Waals surface area contributed by atoms with E-state index in [1.54, 1.807) is 35.7 Å². The predicted octanol–water partition coefficient (Wildman–Crippen LogP) is 2.75. The van der Waals surface area contributed by atoms with Crippen molar-refractivity contribution in [2.45, 2.75) is 0 Å². The van der Waals surface area contributed by atoms with Gasteiger partial charge in [-0.25, -0.2) is 4.98 Å². The lowest BCUT2D eigenvalue weighted by Crippen LogP contribution is -2.22. The van der Waals surface area contributed by atoms with E-state index < -0.39 is 11.5 Å². The normalized spacial score (nSPS) is 10.3. The number of thiazole rings is 1. The SMILES string of the molecule is O=C(Nc1ccc(-c2nccs2)cc1)c1ccc[nH]c1=O. The Morgan fingerprint density at radius 2 is 2.00 bits per heavy atom. The highest BCUT2D eigenvalue weighted by Crippen LogP contribution is 2.23. The highest BCUT2D eigenvalue weighted by Gasteiger charge is 2.10. The maximum atomic E-state index is 12.0. The lowest BCUT2D eigenvalue weighted by atomic mass is 10.2. The number of carbonyl (C=O) groups is 1. The van der Waals surface area contributed by atoms with Crippen molar-refractivity contribution in [1.82, 2.24) is 9.97 Å². The van der Waals surface area contributed by atoms with Crippen LogP contribution in [0.5, 0.6) is 0 Å². The van der Waals surface area contributed by atoms with Crippen molar-refractivity contribution < 1.29 is 4.79 Å². The molecule has 2 heterocycles. The number of pyridine rings is 1. The minimum absolute atomic E-state index is 0.0847. The molecule has 5 nitrogen and oxygen atoms in total. The molecule has 2 aromatic heterocycles. The second-order valence-corrected chi connectivity index (χ2v) is 5.18. The van der Waals surface area contributed by atoms with Crippen molar-refractivity contribution in [2.24, 2.45) is 0 Å². The number of nitrogens with zero attached hydrogens (tertiary/aromatic N) is 1. The molecular formula is C15H11N3O2S. The largest absolute Gasteiger partial charge is 0.328 e. The minimum atomic E-state index is -0.432. The number of aromatic amines is 1. The Kier molecular flexibility index (Phi) is 3.61. The predicted molar refractivity (Wildman–Crippen MR) is 82.6 cm³/mol. The van der Waals surface area contributed by atoms with E-state index in [0.717, 1.165) is 10.6 Å². The fraction of sp³-hybridized carbons (Fsp3) is 0. The smallest absolute Gasteiger partial charge is 0.261 e. The molecule has 0 aliphatic carbocycles. The summed E-state index contributed by atoms with van der Waals surface area (Å²) in [6.07, 6.45) is 3.24. The van der Waals surface area contributed by atoms with Crippen LogP contribution in [0.3, 0.4) is 0 Å². The molecule has 2 N–H and O–H groups in total. The first kappa shape index (κ1) is 13.3. The first-order chi connectivity index (χ1) is 10.2. The molecule has 1 aromatic carbocycles. The number of benzene rings is 1. The van der Waals surface area contributed by atoms with Gasteiger partial charge in [0.05, 0.1) is 0 Å². The molecule has 104 valence electrons. The van der Waals surface area contributed by atoms with Crippen LogP contribution in [0.2, 0.25) is 0 Å². The van der Waals surface area contributed by atoms with Gasteiger partial charge in [-0.1, -0.05) is 0 Å². The molecule has 21 heavy (non-hydrogen) atoms. The molecule has 3 rings (SSSR count). The molecule has 0 saturated heterocycles. The van der Waals surface area contributed by atoms with E-state index in [1.807, 2.05) is 17.5 Å². The van der Waals surface area contributed by atoms with Gasteiger partial charge in [0, 0.05) is 29.0 Å². The zero-order valence-corrected chi connectivity index (χ0v) is 11.7. The molecular weight excluding hydrogens is 286 g/mol. The van der Waals surface area contributed by atoms with Crippen molar-refractivity contribution in [1.29, 1.82) is 0 Å². The van der Waals surface area contributed by atoms with Crippen LogP contribution in [-0.2, 0) is 0 Å². The van der Waals surface area contributed by atoms with Gasteiger partial charge in [0.15, 0.2) is 0 Å². The molecule has 6 heteroatoms. The molecule has 0 bridgehead atoms. The molecule has 0 fully saturated rings. The van der Waals surface area contributed by atoms with Gasteiger partial charge < -0.3 is 10.3 Å². The van der Waals surface area contributed by atoms with Crippen molar-refractivity contribution in [3.8, 4) is 10.6 Å². The van der Waals surface area contributed by atoms with Crippen molar-refractivity contribution in [3.05, 3.63) is 70.1 Å². The van der Waals surface area contributed by atoms with E-state index in [0.29, 0.717) is 5.69 Å². The molecule has 0 aliphatic heterocycles. The summed E-state index contributed by atoms with van der Waals surface area (Å²) >= 11 is 1.55. The van der Waals surface area contributed by atoms with Crippen LogP contribution in [-0.4, -0.2) is 15.9 Å². The molecule has 0 unspecified atom stereocenters. The van der Waals surface area contributed by atoms with Gasteiger partial charge in [0.1, 0.15) is 10.6 Å². The summed E-state index contributed by atoms with van der Waals surface area (Å²) in [6.45, 7) is 0. The summed E-state index contributed by atoms with van der Waals surface area (Å²) in [6, 6.07) is 10.4. The van der Waals surface area contributed by atoms with E-state index in [4.69, 9.17) is 0 Å².